The summed E-state index contributed by atoms with van der Waals surface area (Å²) in [6.07, 6.45) is -1.79. The van der Waals surface area contributed by atoms with E-state index in [9.17, 15) is 9.59 Å². The number of ether oxygens (including phenoxy) is 6. The summed E-state index contributed by atoms with van der Waals surface area (Å²) >= 11 is 0. The van der Waals surface area contributed by atoms with Gasteiger partial charge in [-0.15, -0.1) is 6.58 Å². The van der Waals surface area contributed by atoms with Crippen LogP contribution in [0.15, 0.2) is 122 Å². The van der Waals surface area contributed by atoms with Gasteiger partial charge in [0.2, 0.25) is 0 Å². The van der Waals surface area contributed by atoms with Crippen LogP contribution in [0.3, 0.4) is 0 Å². The lowest BCUT2D eigenvalue weighted by Gasteiger charge is -2.48. The van der Waals surface area contributed by atoms with E-state index in [2.05, 4.69) is 6.58 Å². The predicted molar refractivity (Wildman–Crippen MR) is 178 cm³/mol. The van der Waals surface area contributed by atoms with Gasteiger partial charge in [-0.05, 0) is 41.0 Å². The van der Waals surface area contributed by atoms with Crippen LogP contribution >= 0.6 is 0 Å². The Morgan fingerprint density at radius 1 is 0.688 bits per heavy atom. The number of carbonyl (C=O) groups excluding carboxylic acids is 2. The Kier molecular flexibility index (Phi) is 11.1. The zero-order valence-electron chi connectivity index (χ0n) is 26.8. The maximum absolute atomic E-state index is 13.9. The van der Waals surface area contributed by atoms with E-state index < -0.39 is 42.5 Å². The molecule has 4 aromatic carbocycles. The lowest BCUT2D eigenvalue weighted by Crippen LogP contribution is -2.67. The van der Waals surface area contributed by atoms with Gasteiger partial charge in [0, 0.05) is 0 Å². The molecule has 248 valence electrons. The lowest BCUT2D eigenvalue weighted by molar-refractivity contribution is -0.296. The first-order valence-electron chi connectivity index (χ1n) is 15.9. The molecule has 5 atom stereocenters. The number of imide groups is 1. The van der Waals surface area contributed by atoms with Crippen molar-refractivity contribution in [2.24, 2.45) is 0 Å². The maximum atomic E-state index is 13.9. The van der Waals surface area contributed by atoms with Gasteiger partial charge >= 0.3 is 0 Å². The van der Waals surface area contributed by atoms with E-state index in [-0.39, 0.29) is 26.4 Å². The van der Waals surface area contributed by atoms with Crippen LogP contribution in [-0.4, -0.2) is 67.7 Å². The molecule has 2 heterocycles. The summed E-state index contributed by atoms with van der Waals surface area (Å²) in [5.74, 6) is -0.168. The number of carbonyl (C=O) groups is 2. The molecule has 0 bridgehead atoms. The van der Waals surface area contributed by atoms with E-state index in [4.69, 9.17) is 28.4 Å². The Balaban J connectivity index is 1.36. The molecule has 2 aliphatic heterocycles. The fourth-order valence-electron chi connectivity index (χ4n) is 6.02. The van der Waals surface area contributed by atoms with E-state index in [0.29, 0.717) is 17.7 Å². The van der Waals surface area contributed by atoms with Gasteiger partial charge in [0.25, 0.3) is 11.8 Å². The second kappa shape index (κ2) is 16.0. The van der Waals surface area contributed by atoms with Gasteiger partial charge < -0.3 is 28.4 Å². The summed E-state index contributed by atoms with van der Waals surface area (Å²) in [4.78, 5) is 29.1. The van der Waals surface area contributed by atoms with Crippen LogP contribution in [0.25, 0.3) is 0 Å². The third-order valence-electron chi connectivity index (χ3n) is 8.40. The van der Waals surface area contributed by atoms with E-state index in [1.165, 1.54) is 4.90 Å². The smallest absolute Gasteiger partial charge is 0.262 e. The van der Waals surface area contributed by atoms with Crippen LogP contribution in [0.4, 0.5) is 0 Å². The Hall–Kier alpha value is -4.64. The molecule has 0 saturated carbocycles. The SMILES string of the molecule is C=CCO[C@@H]1O[C@H](COCc2ccccc2)[C@@H](OCc2ccc(OC)cc2)[C@H](OCc2ccccc2)[C@H]1N1C(=O)c2ccccc2C1=O. The van der Waals surface area contributed by atoms with Crippen LogP contribution < -0.4 is 4.74 Å². The Morgan fingerprint density at radius 3 is 1.81 bits per heavy atom. The third kappa shape index (κ3) is 7.57. The van der Waals surface area contributed by atoms with Crippen molar-refractivity contribution in [2.75, 3.05) is 20.3 Å². The number of hydrogen-bond donors (Lipinski definition) is 0. The van der Waals surface area contributed by atoms with E-state index >= 15 is 0 Å². The van der Waals surface area contributed by atoms with Gasteiger partial charge in [-0.1, -0.05) is 91.0 Å². The van der Waals surface area contributed by atoms with Crippen LogP contribution in [0, 0.1) is 0 Å². The number of rotatable bonds is 15. The molecule has 9 heteroatoms. The van der Waals surface area contributed by atoms with Crippen LogP contribution in [-0.2, 0) is 43.5 Å². The van der Waals surface area contributed by atoms with Crippen molar-refractivity contribution in [1.82, 2.24) is 4.90 Å². The number of benzene rings is 4. The molecule has 0 aromatic heterocycles. The molecule has 1 fully saturated rings. The first-order chi connectivity index (χ1) is 23.6. The van der Waals surface area contributed by atoms with E-state index in [1.54, 1.807) is 37.5 Å². The molecular formula is C39H39NO8. The largest absolute Gasteiger partial charge is 0.497 e. The van der Waals surface area contributed by atoms with Crippen molar-refractivity contribution >= 4 is 11.8 Å². The second-order valence-corrected chi connectivity index (χ2v) is 11.6. The zero-order valence-corrected chi connectivity index (χ0v) is 26.8. The highest BCUT2D eigenvalue weighted by Gasteiger charge is 2.55. The summed E-state index contributed by atoms with van der Waals surface area (Å²) in [7, 11) is 1.61. The molecule has 2 aliphatic rings. The monoisotopic (exact) mass is 649 g/mol. The molecule has 0 N–H and O–H groups in total. The molecule has 0 aliphatic carbocycles. The molecule has 4 aromatic rings. The molecule has 0 spiro atoms. The normalized spacial score (nSPS) is 22.0. The van der Waals surface area contributed by atoms with Gasteiger partial charge in [0.1, 0.15) is 30.1 Å². The fourth-order valence-corrected chi connectivity index (χ4v) is 6.02. The summed E-state index contributed by atoms with van der Waals surface area (Å²) in [6, 6.07) is 32.9. The standard InChI is InChI=1S/C39H39NO8/c1-3-22-45-39-34(40-37(41)31-16-10-11-17-32(31)38(40)42)36(47-24-28-14-8-5-9-15-28)35(46-25-29-18-20-30(43-2)21-19-29)33(48-39)26-44-23-27-12-6-4-7-13-27/h3-21,33-36,39H,1,22-26H2,2H3/t33-,34-,35-,36-,39-/m1/s1. The maximum Gasteiger partial charge on any atom is 0.262 e. The quantitative estimate of drug-likeness (QED) is 0.115. The number of methoxy groups -OCH3 is 1. The number of nitrogens with zero attached hydrogens (tertiary/aromatic N) is 1. The van der Waals surface area contributed by atoms with Crippen LogP contribution in [0.2, 0.25) is 0 Å². The van der Waals surface area contributed by atoms with E-state index in [0.717, 1.165) is 22.4 Å². The predicted octanol–water partition coefficient (Wildman–Crippen LogP) is 5.97. The van der Waals surface area contributed by atoms with Gasteiger partial charge in [-0.3, -0.25) is 14.5 Å². The molecule has 48 heavy (non-hydrogen) atoms. The highest BCUT2D eigenvalue weighted by Crippen LogP contribution is 2.36. The van der Waals surface area contributed by atoms with E-state index in [1.807, 2.05) is 84.9 Å². The third-order valence-corrected chi connectivity index (χ3v) is 8.40. The molecule has 0 unspecified atom stereocenters. The first-order valence-corrected chi connectivity index (χ1v) is 15.9. The Labute approximate surface area is 280 Å². The van der Waals surface area contributed by atoms with Crippen molar-refractivity contribution < 1.29 is 38.0 Å². The summed E-state index contributed by atoms with van der Waals surface area (Å²) < 4.78 is 37.6. The number of hydrogen-bond acceptors (Lipinski definition) is 8. The van der Waals surface area contributed by atoms with Crippen molar-refractivity contribution in [3.63, 3.8) is 0 Å². The highest BCUT2D eigenvalue weighted by atomic mass is 16.7. The second-order valence-electron chi connectivity index (χ2n) is 11.6. The summed E-state index contributed by atoms with van der Waals surface area (Å²) in [5, 5.41) is 0. The summed E-state index contributed by atoms with van der Waals surface area (Å²) in [6.45, 7) is 4.79. The Morgan fingerprint density at radius 2 is 1.23 bits per heavy atom. The topological polar surface area (TPSA) is 92.8 Å². The molecule has 1 saturated heterocycles. The van der Waals surface area contributed by atoms with Crippen LogP contribution in [0.1, 0.15) is 37.4 Å². The van der Waals surface area contributed by atoms with Gasteiger partial charge in [0.05, 0.1) is 51.3 Å². The average Bonchev–Trinajstić information content (AvgIpc) is 3.38. The number of fused-ring (bicyclic) bond motifs is 1. The van der Waals surface area contributed by atoms with Crippen molar-refractivity contribution in [2.45, 2.75) is 50.5 Å². The Bertz CT molecular complexity index is 1630. The fraction of sp³-hybridized carbons (Fsp3) is 0.282. The minimum Gasteiger partial charge on any atom is -0.497 e. The van der Waals surface area contributed by atoms with Crippen molar-refractivity contribution in [1.29, 1.82) is 0 Å². The lowest BCUT2D eigenvalue weighted by atomic mass is 9.94. The van der Waals surface area contributed by atoms with Gasteiger partial charge in [-0.2, -0.15) is 0 Å². The van der Waals surface area contributed by atoms with Crippen LogP contribution in [0.5, 0.6) is 5.75 Å². The minimum atomic E-state index is -1.06. The first kappa shape index (κ1) is 33.3. The molecule has 0 radical (unpaired) electrons. The van der Waals surface area contributed by atoms with Crippen molar-refractivity contribution in [3.8, 4) is 5.75 Å². The summed E-state index contributed by atoms with van der Waals surface area (Å²) in [5.41, 5.74) is 3.44. The minimum absolute atomic E-state index is 0.116. The molecule has 9 nitrogen and oxygen atoms in total. The van der Waals surface area contributed by atoms with Gasteiger partial charge in [-0.25, -0.2) is 0 Å². The molecule has 6 rings (SSSR count). The van der Waals surface area contributed by atoms with Gasteiger partial charge in [0.15, 0.2) is 6.29 Å². The highest BCUT2D eigenvalue weighted by molar-refractivity contribution is 6.21. The number of amides is 2. The molecule has 2 amide bonds. The molecular weight excluding hydrogens is 610 g/mol. The van der Waals surface area contributed by atoms with Crippen molar-refractivity contribution in [3.05, 3.63) is 150 Å². The zero-order chi connectivity index (χ0) is 33.3. The average molecular weight is 650 g/mol.